The van der Waals surface area contributed by atoms with Gasteiger partial charge in [0.1, 0.15) is 5.76 Å². The highest BCUT2D eigenvalue weighted by molar-refractivity contribution is 5.65. The van der Waals surface area contributed by atoms with Crippen LogP contribution in [0.2, 0.25) is 0 Å². The van der Waals surface area contributed by atoms with E-state index in [0.717, 1.165) is 16.9 Å². The summed E-state index contributed by atoms with van der Waals surface area (Å²) in [5.74, 6) is 0.840. The van der Waals surface area contributed by atoms with Gasteiger partial charge in [-0.05, 0) is 36.8 Å². The van der Waals surface area contributed by atoms with Gasteiger partial charge in [0, 0.05) is 5.56 Å². The van der Waals surface area contributed by atoms with Crippen LogP contribution in [0.15, 0.2) is 39.7 Å². The van der Waals surface area contributed by atoms with Gasteiger partial charge in [-0.3, -0.25) is 4.79 Å². The Morgan fingerprint density at radius 3 is 2.92 bits per heavy atom. The molecule has 0 N–H and O–H groups in total. The summed E-state index contributed by atoms with van der Waals surface area (Å²) in [5, 5.41) is 0. The summed E-state index contributed by atoms with van der Waals surface area (Å²) in [5.41, 5.74) is 1.97. The van der Waals surface area contributed by atoms with Gasteiger partial charge in [0.05, 0.1) is 6.26 Å². The van der Waals surface area contributed by atoms with Crippen molar-refractivity contribution >= 4 is 0 Å². The molecule has 2 rings (SSSR count). The topological polar surface area (TPSA) is 30.2 Å². The minimum absolute atomic E-state index is 0.0353. The van der Waals surface area contributed by atoms with E-state index in [9.17, 15) is 4.79 Å². The van der Waals surface area contributed by atoms with E-state index in [1.807, 2.05) is 6.92 Å². The molecule has 0 radical (unpaired) electrons. The van der Waals surface area contributed by atoms with Crippen LogP contribution in [0.1, 0.15) is 5.76 Å². The van der Waals surface area contributed by atoms with Crippen molar-refractivity contribution in [1.29, 1.82) is 0 Å². The van der Waals surface area contributed by atoms with Gasteiger partial charge < -0.3 is 4.42 Å². The minimum atomic E-state index is 0.0353. The van der Waals surface area contributed by atoms with E-state index >= 15 is 0 Å². The van der Waals surface area contributed by atoms with Crippen LogP contribution in [-0.2, 0) is 0 Å². The van der Waals surface area contributed by atoms with Crippen molar-refractivity contribution in [3.63, 3.8) is 0 Å². The Bertz CT molecular complexity index is 428. The van der Waals surface area contributed by atoms with Crippen LogP contribution in [0.3, 0.4) is 0 Å². The maximum atomic E-state index is 11.0. The first-order valence-electron chi connectivity index (χ1n) is 3.75. The van der Waals surface area contributed by atoms with E-state index in [2.05, 4.69) is 0 Å². The van der Waals surface area contributed by atoms with Crippen LogP contribution in [-0.4, -0.2) is 0 Å². The summed E-state index contributed by atoms with van der Waals surface area (Å²) in [4.78, 5) is 11.0. The molecule has 0 saturated carbocycles. The molecule has 1 aliphatic heterocycles. The number of rotatable bonds is 0. The van der Waals surface area contributed by atoms with Crippen molar-refractivity contribution in [2.45, 2.75) is 6.92 Å². The SMILES string of the molecule is Cc1occc2cc(=O)ccc1-2. The molecule has 12 heavy (non-hydrogen) atoms. The molecule has 0 amide bonds. The second-order valence-electron chi connectivity index (χ2n) is 2.73. The number of hydrogen-bond acceptors (Lipinski definition) is 2. The highest BCUT2D eigenvalue weighted by Crippen LogP contribution is 2.22. The summed E-state index contributed by atoms with van der Waals surface area (Å²) in [6.07, 6.45) is 1.59. The lowest BCUT2D eigenvalue weighted by atomic mass is 10.0. The second-order valence-corrected chi connectivity index (χ2v) is 2.73. The third-order valence-electron chi connectivity index (χ3n) is 1.89. The van der Waals surface area contributed by atoms with E-state index < -0.39 is 0 Å². The molecule has 0 aromatic heterocycles. The van der Waals surface area contributed by atoms with Crippen molar-refractivity contribution in [3.8, 4) is 11.1 Å². The maximum absolute atomic E-state index is 11.0. The number of hydrogen-bond donors (Lipinski definition) is 0. The van der Waals surface area contributed by atoms with Gasteiger partial charge in [-0.1, -0.05) is 0 Å². The molecule has 0 bridgehead atoms. The van der Waals surface area contributed by atoms with Crippen LogP contribution >= 0.6 is 0 Å². The van der Waals surface area contributed by atoms with Crippen molar-refractivity contribution in [3.05, 3.63) is 46.5 Å². The zero-order valence-corrected chi connectivity index (χ0v) is 6.70. The Morgan fingerprint density at radius 1 is 1.25 bits per heavy atom. The quantitative estimate of drug-likeness (QED) is 0.590. The van der Waals surface area contributed by atoms with Gasteiger partial charge in [0.2, 0.25) is 0 Å². The maximum Gasteiger partial charge on any atom is 0.179 e. The third kappa shape index (κ3) is 1.01. The van der Waals surface area contributed by atoms with E-state index in [4.69, 9.17) is 4.42 Å². The normalized spacial score (nSPS) is 10.4. The molecule has 1 aliphatic carbocycles. The summed E-state index contributed by atoms with van der Waals surface area (Å²) < 4.78 is 5.18. The first kappa shape index (κ1) is 7.10. The lowest BCUT2D eigenvalue weighted by Gasteiger charge is -2.04. The van der Waals surface area contributed by atoms with Crippen molar-refractivity contribution in [2.75, 3.05) is 0 Å². The molecule has 0 unspecified atom stereocenters. The minimum Gasteiger partial charge on any atom is -0.469 e. The van der Waals surface area contributed by atoms with Gasteiger partial charge in [-0.15, -0.1) is 0 Å². The van der Waals surface area contributed by atoms with E-state index in [1.165, 1.54) is 0 Å². The van der Waals surface area contributed by atoms with Crippen molar-refractivity contribution < 1.29 is 4.42 Å². The van der Waals surface area contributed by atoms with Gasteiger partial charge in [0.15, 0.2) is 5.43 Å². The average Bonchev–Trinajstić information content (AvgIpc) is 2.04. The van der Waals surface area contributed by atoms with Crippen molar-refractivity contribution in [2.24, 2.45) is 0 Å². The van der Waals surface area contributed by atoms with E-state index in [1.54, 1.807) is 30.5 Å². The molecule has 0 aromatic rings. The number of aryl methyl sites for hydroxylation is 1. The second kappa shape index (κ2) is 2.48. The molecule has 0 saturated heterocycles. The van der Waals surface area contributed by atoms with Gasteiger partial charge in [0.25, 0.3) is 0 Å². The fourth-order valence-electron chi connectivity index (χ4n) is 1.27. The lowest BCUT2D eigenvalue weighted by molar-refractivity contribution is 0.518. The smallest absolute Gasteiger partial charge is 0.179 e. The third-order valence-corrected chi connectivity index (χ3v) is 1.89. The molecule has 0 fully saturated rings. The predicted molar refractivity (Wildman–Crippen MR) is 46.3 cm³/mol. The first-order chi connectivity index (χ1) is 5.77. The number of fused-ring (bicyclic) bond motifs is 1. The molecular formula is C10H8O2. The molecule has 0 aromatic carbocycles. The predicted octanol–water partition coefficient (Wildman–Crippen LogP) is 2.05. The van der Waals surface area contributed by atoms with Gasteiger partial charge in [-0.2, -0.15) is 0 Å². The Labute approximate surface area is 69.8 Å². The highest BCUT2D eigenvalue weighted by atomic mass is 16.3. The summed E-state index contributed by atoms with van der Waals surface area (Å²) in [6, 6.07) is 6.74. The average molecular weight is 160 g/mol. The monoisotopic (exact) mass is 160 g/mol. The Kier molecular flexibility index (Phi) is 1.47. The van der Waals surface area contributed by atoms with Crippen molar-refractivity contribution in [1.82, 2.24) is 0 Å². The van der Waals surface area contributed by atoms with Crippen LogP contribution in [0.25, 0.3) is 11.1 Å². The molecule has 1 heterocycles. The molecular weight excluding hydrogens is 152 g/mol. The molecule has 2 heteroatoms. The van der Waals surface area contributed by atoms with Crippen LogP contribution in [0.5, 0.6) is 0 Å². The standard InChI is InChI=1S/C10H8O2/c1-7-10-3-2-9(11)6-8(10)4-5-12-7/h2-6H,1H3. The Hall–Kier alpha value is -1.57. The van der Waals surface area contributed by atoms with Gasteiger partial charge in [-0.25, -0.2) is 0 Å². The molecule has 0 atom stereocenters. The molecule has 2 aliphatic rings. The highest BCUT2D eigenvalue weighted by Gasteiger charge is 2.04. The van der Waals surface area contributed by atoms with Crippen LogP contribution in [0, 0.1) is 6.92 Å². The van der Waals surface area contributed by atoms with E-state index in [0.29, 0.717) is 0 Å². The lowest BCUT2D eigenvalue weighted by Crippen LogP contribution is -1.98. The molecule has 2 nitrogen and oxygen atoms in total. The largest absolute Gasteiger partial charge is 0.469 e. The fourth-order valence-corrected chi connectivity index (χ4v) is 1.27. The molecule has 60 valence electrons. The molecule has 0 spiro atoms. The zero-order valence-electron chi connectivity index (χ0n) is 6.70. The summed E-state index contributed by atoms with van der Waals surface area (Å²) in [6.45, 7) is 1.88. The Balaban J connectivity index is 2.86. The van der Waals surface area contributed by atoms with Crippen LogP contribution < -0.4 is 5.43 Å². The first-order valence-corrected chi connectivity index (χ1v) is 3.75. The fraction of sp³-hybridized carbons (Fsp3) is 0.100. The zero-order chi connectivity index (χ0) is 8.55. The number of benzene rings is 1. The Morgan fingerprint density at radius 2 is 2.08 bits per heavy atom. The van der Waals surface area contributed by atoms with Crippen LogP contribution in [0.4, 0.5) is 0 Å². The van der Waals surface area contributed by atoms with Gasteiger partial charge >= 0.3 is 0 Å². The summed E-state index contributed by atoms with van der Waals surface area (Å²) >= 11 is 0. The van der Waals surface area contributed by atoms with E-state index in [-0.39, 0.29) is 5.43 Å². The summed E-state index contributed by atoms with van der Waals surface area (Å²) in [7, 11) is 0.